The molecular formula is C8H13N3OS. The van der Waals surface area contributed by atoms with E-state index >= 15 is 0 Å². The number of hydrogen-bond acceptors (Lipinski definition) is 5. The van der Waals surface area contributed by atoms with Crippen molar-refractivity contribution in [1.29, 1.82) is 0 Å². The average molecular weight is 199 g/mol. The fourth-order valence-electron chi connectivity index (χ4n) is 1.52. The van der Waals surface area contributed by atoms with Gasteiger partial charge in [-0.3, -0.25) is 0 Å². The molecule has 1 atom stereocenters. The number of nitrogens with zero attached hydrogens (tertiary/aromatic N) is 2. The largest absolute Gasteiger partial charge is 0.373 e. The van der Waals surface area contributed by atoms with E-state index in [-0.39, 0.29) is 5.60 Å². The molecule has 0 radical (unpaired) electrons. The number of anilines is 1. The van der Waals surface area contributed by atoms with Crippen molar-refractivity contribution in [2.75, 3.05) is 11.9 Å². The molecule has 1 N–H and O–H groups in total. The molecule has 0 saturated carbocycles. The van der Waals surface area contributed by atoms with Crippen LogP contribution in [0.3, 0.4) is 0 Å². The van der Waals surface area contributed by atoms with Gasteiger partial charge < -0.3 is 10.1 Å². The molecule has 1 aliphatic heterocycles. The summed E-state index contributed by atoms with van der Waals surface area (Å²) >= 11 is 1.52. The third kappa shape index (κ3) is 1.81. The topological polar surface area (TPSA) is 47.0 Å². The van der Waals surface area contributed by atoms with Gasteiger partial charge in [-0.25, -0.2) is 0 Å². The summed E-state index contributed by atoms with van der Waals surface area (Å²) in [6, 6.07) is 0.348. The van der Waals surface area contributed by atoms with Crippen LogP contribution in [0.1, 0.15) is 20.3 Å². The molecule has 2 heterocycles. The summed E-state index contributed by atoms with van der Waals surface area (Å²) < 4.78 is 5.60. The third-order valence-electron chi connectivity index (χ3n) is 2.38. The van der Waals surface area contributed by atoms with Gasteiger partial charge in [-0.15, -0.1) is 10.2 Å². The summed E-state index contributed by atoms with van der Waals surface area (Å²) in [7, 11) is 0. The van der Waals surface area contributed by atoms with Crippen molar-refractivity contribution in [3.8, 4) is 0 Å². The second-order valence-electron chi connectivity index (χ2n) is 3.68. The third-order valence-corrected chi connectivity index (χ3v) is 3.00. The van der Waals surface area contributed by atoms with Crippen LogP contribution in [0.25, 0.3) is 0 Å². The van der Waals surface area contributed by atoms with Crippen molar-refractivity contribution in [3.63, 3.8) is 0 Å². The summed E-state index contributed by atoms with van der Waals surface area (Å²) in [5, 5.41) is 11.9. The maximum atomic E-state index is 5.60. The summed E-state index contributed by atoms with van der Waals surface area (Å²) in [4.78, 5) is 0. The molecule has 0 aliphatic carbocycles. The molecule has 0 bridgehead atoms. The highest BCUT2D eigenvalue weighted by molar-refractivity contribution is 7.13. The highest BCUT2D eigenvalue weighted by Crippen LogP contribution is 2.28. The molecule has 1 fully saturated rings. The second-order valence-corrected chi connectivity index (χ2v) is 4.51. The van der Waals surface area contributed by atoms with E-state index in [1.165, 1.54) is 11.3 Å². The minimum absolute atomic E-state index is 0.0916. The van der Waals surface area contributed by atoms with Crippen molar-refractivity contribution in [1.82, 2.24) is 10.2 Å². The number of rotatable bonds is 2. The molecule has 1 unspecified atom stereocenters. The Morgan fingerprint density at radius 3 is 3.08 bits per heavy atom. The van der Waals surface area contributed by atoms with Gasteiger partial charge in [0.15, 0.2) is 0 Å². The summed E-state index contributed by atoms with van der Waals surface area (Å²) in [6.07, 6.45) is 1.03. The van der Waals surface area contributed by atoms with Crippen molar-refractivity contribution in [2.45, 2.75) is 31.9 Å². The highest BCUT2D eigenvalue weighted by atomic mass is 32.1. The fraction of sp³-hybridized carbons (Fsp3) is 0.750. The first-order valence-electron chi connectivity index (χ1n) is 4.35. The van der Waals surface area contributed by atoms with Crippen LogP contribution in [0.5, 0.6) is 0 Å². The molecular weight excluding hydrogens is 186 g/mol. The Balaban J connectivity index is 2.02. The number of ether oxygens (including phenoxy) is 1. The minimum atomic E-state index is -0.0916. The Hall–Kier alpha value is -0.680. The Labute approximate surface area is 81.3 Å². The quantitative estimate of drug-likeness (QED) is 0.784. The molecule has 4 nitrogen and oxygen atoms in total. The zero-order valence-corrected chi connectivity index (χ0v) is 8.60. The zero-order valence-electron chi connectivity index (χ0n) is 7.78. The lowest BCUT2D eigenvalue weighted by molar-refractivity contribution is 0.0315. The maximum absolute atomic E-state index is 5.60. The van der Waals surface area contributed by atoms with Crippen LogP contribution in [0.2, 0.25) is 0 Å². The van der Waals surface area contributed by atoms with Gasteiger partial charge in [-0.2, -0.15) is 0 Å². The van der Waals surface area contributed by atoms with Crippen LogP contribution in [-0.2, 0) is 4.74 Å². The van der Waals surface area contributed by atoms with Gasteiger partial charge in [0.1, 0.15) is 5.51 Å². The Bertz CT molecular complexity index is 273. The molecule has 5 heteroatoms. The lowest BCUT2D eigenvalue weighted by Gasteiger charge is -2.25. The van der Waals surface area contributed by atoms with Gasteiger partial charge in [0.2, 0.25) is 5.13 Å². The van der Waals surface area contributed by atoms with E-state index in [4.69, 9.17) is 4.74 Å². The Kier molecular flexibility index (Phi) is 2.21. The average Bonchev–Trinajstić information content (AvgIpc) is 2.63. The standard InChI is InChI=1S/C8H13N3OS/c1-8(2)6(3-4-12-8)10-7-11-9-5-13-7/h5-6H,3-4H2,1-2H3,(H,10,11). The van der Waals surface area contributed by atoms with Crippen LogP contribution >= 0.6 is 11.3 Å². The predicted octanol–water partition coefficient (Wildman–Crippen LogP) is 1.52. The number of hydrogen-bond donors (Lipinski definition) is 1. The molecule has 13 heavy (non-hydrogen) atoms. The van der Waals surface area contributed by atoms with Crippen LogP contribution in [-0.4, -0.2) is 28.4 Å². The van der Waals surface area contributed by atoms with E-state index in [0.717, 1.165) is 18.2 Å². The first kappa shape index (κ1) is 8.90. The van der Waals surface area contributed by atoms with Gasteiger partial charge in [0, 0.05) is 6.61 Å². The normalized spacial score (nSPS) is 26.2. The van der Waals surface area contributed by atoms with Gasteiger partial charge in [-0.1, -0.05) is 11.3 Å². The van der Waals surface area contributed by atoms with Gasteiger partial charge >= 0.3 is 0 Å². The Morgan fingerprint density at radius 1 is 1.69 bits per heavy atom. The van der Waals surface area contributed by atoms with Crippen LogP contribution in [0.15, 0.2) is 5.51 Å². The van der Waals surface area contributed by atoms with E-state index in [0.29, 0.717) is 6.04 Å². The lowest BCUT2D eigenvalue weighted by Crippen LogP contribution is -2.37. The summed E-state index contributed by atoms with van der Waals surface area (Å²) in [6.45, 7) is 5.01. The van der Waals surface area contributed by atoms with E-state index in [2.05, 4.69) is 29.4 Å². The van der Waals surface area contributed by atoms with Gasteiger partial charge in [0.25, 0.3) is 0 Å². The monoisotopic (exact) mass is 199 g/mol. The van der Waals surface area contributed by atoms with Crippen molar-refractivity contribution in [2.24, 2.45) is 0 Å². The summed E-state index contributed by atoms with van der Waals surface area (Å²) in [5.41, 5.74) is 1.64. The predicted molar refractivity (Wildman–Crippen MR) is 52.0 cm³/mol. The summed E-state index contributed by atoms with van der Waals surface area (Å²) in [5.74, 6) is 0. The van der Waals surface area contributed by atoms with Crippen LogP contribution in [0.4, 0.5) is 5.13 Å². The maximum Gasteiger partial charge on any atom is 0.205 e. The van der Waals surface area contributed by atoms with E-state index < -0.39 is 0 Å². The van der Waals surface area contributed by atoms with E-state index in [1.54, 1.807) is 5.51 Å². The van der Waals surface area contributed by atoms with E-state index in [9.17, 15) is 0 Å². The molecule has 2 rings (SSSR count). The highest BCUT2D eigenvalue weighted by Gasteiger charge is 2.36. The Morgan fingerprint density at radius 2 is 2.54 bits per heavy atom. The fourth-order valence-corrected chi connectivity index (χ4v) is 2.02. The molecule has 1 aliphatic rings. The molecule has 72 valence electrons. The van der Waals surface area contributed by atoms with Crippen LogP contribution < -0.4 is 5.32 Å². The first-order valence-corrected chi connectivity index (χ1v) is 5.23. The van der Waals surface area contributed by atoms with Crippen LogP contribution in [0, 0.1) is 0 Å². The van der Waals surface area contributed by atoms with Crippen molar-refractivity contribution < 1.29 is 4.74 Å². The SMILES string of the molecule is CC1(C)OCCC1Nc1nncs1. The smallest absolute Gasteiger partial charge is 0.205 e. The minimum Gasteiger partial charge on any atom is -0.373 e. The number of nitrogens with one attached hydrogen (secondary N) is 1. The van der Waals surface area contributed by atoms with E-state index in [1.807, 2.05) is 0 Å². The van der Waals surface area contributed by atoms with Gasteiger partial charge in [0.05, 0.1) is 11.6 Å². The van der Waals surface area contributed by atoms with Crippen molar-refractivity contribution >= 4 is 16.5 Å². The molecule has 0 aromatic carbocycles. The molecule has 1 saturated heterocycles. The first-order chi connectivity index (χ1) is 6.18. The van der Waals surface area contributed by atoms with Crippen molar-refractivity contribution in [3.05, 3.63) is 5.51 Å². The molecule has 0 spiro atoms. The van der Waals surface area contributed by atoms with Gasteiger partial charge in [-0.05, 0) is 20.3 Å². The second kappa shape index (κ2) is 3.23. The lowest BCUT2D eigenvalue weighted by atomic mass is 9.99. The number of aromatic nitrogens is 2. The molecule has 0 amide bonds. The molecule has 1 aromatic heterocycles. The molecule has 1 aromatic rings. The zero-order chi connectivity index (χ0) is 9.31.